The molecule has 0 spiro atoms. The molecule has 6 fully saturated rings. The van der Waals surface area contributed by atoms with E-state index >= 15 is 0 Å². The average molecular weight is 759 g/mol. The van der Waals surface area contributed by atoms with Crippen LogP contribution in [0.2, 0.25) is 0 Å². The van der Waals surface area contributed by atoms with Crippen LogP contribution in [0.4, 0.5) is 0 Å². The van der Waals surface area contributed by atoms with Gasteiger partial charge in [0.15, 0.2) is 18.9 Å². The molecule has 4 saturated heterocycles. The Kier molecular flexibility index (Phi) is 13.5. The third kappa shape index (κ3) is 8.32. The highest BCUT2D eigenvalue weighted by molar-refractivity contribution is 5.00. The van der Waals surface area contributed by atoms with Crippen LogP contribution < -0.4 is 0 Å². The Morgan fingerprint density at radius 2 is 1.15 bits per heavy atom. The van der Waals surface area contributed by atoms with Gasteiger partial charge in [0.1, 0.15) is 67.1 Å². The Hall–Kier alpha value is -0.800. The molecule has 4 heterocycles. The molecular weight excluding hydrogens is 704 g/mol. The second kappa shape index (κ2) is 17.1. The smallest absolute Gasteiger partial charge is 0.187 e. The largest absolute Gasteiger partial charge is 0.394 e. The van der Waals surface area contributed by atoms with Crippen molar-refractivity contribution in [3.8, 4) is 0 Å². The fourth-order valence-electron chi connectivity index (χ4n) is 8.40. The summed E-state index contributed by atoms with van der Waals surface area (Å²) in [6, 6.07) is 0. The molecule has 302 valence electrons. The fraction of sp³-hybridized carbons (Fsp3) is 1.00. The minimum Gasteiger partial charge on any atom is -0.394 e. The third-order valence-electron chi connectivity index (χ3n) is 11.5. The number of hydrogen-bond acceptors (Lipinski definition) is 20. The maximum atomic E-state index is 11.4. The highest BCUT2D eigenvalue weighted by Gasteiger charge is 2.55. The second-order valence-corrected chi connectivity index (χ2v) is 15.0. The first-order valence-corrected chi connectivity index (χ1v) is 18.0. The maximum absolute atomic E-state index is 11.4. The van der Waals surface area contributed by atoms with Gasteiger partial charge in [-0.15, -0.1) is 0 Å². The number of fused-ring (bicyclic) bond motifs is 1. The molecule has 23 atom stereocenters. The molecule has 13 N–H and O–H groups in total. The van der Waals surface area contributed by atoms with Crippen molar-refractivity contribution in [3.63, 3.8) is 0 Å². The van der Waals surface area contributed by atoms with Crippen LogP contribution in [0.5, 0.6) is 0 Å². The van der Waals surface area contributed by atoms with E-state index in [4.69, 9.17) is 33.2 Å². The van der Waals surface area contributed by atoms with Gasteiger partial charge in [-0.25, -0.2) is 0 Å². The summed E-state index contributed by atoms with van der Waals surface area (Å²) in [5.74, 6) is -0.984. The van der Waals surface area contributed by atoms with Crippen molar-refractivity contribution in [2.75, 3.05) is 19.8 Å². The molecule has 4 aliphatic heterocycles. The Labute approximate surface area is 298 Å². The Bertz CT molecular complexity index is 1140. The third-order valence-corrected chi connectivity index (χ3v) is 11.5. The minimum atomic E-state index is -1.77. The zero-order chi connectivity index (χ0) is 37.6. The zero-order valence-corrected chi connectivity index (χ0v) is 28.3. The van der Waals surface area contributed by atoms with Crippen LogP contribution in [0.15, 0.2) is 0 Å². The molecule has 23 unspecified atom stereocenters. The summed E-state index contributed by atoms with van der Waals surface area (Å²) in [5.41, 5.74) is 0. The van der Waals surface area contributed by atoms with Crippen molar-refractivity contribution in [1.29, 1.82) is 0 Å². The standard InChI is InChI=1S/C32H54O20/c33-7-19-22(40)24(42)27(45)31(50-19)47-11-4-14(36)12-6-18(28(48-17(12)5-11)10-1-2-13(35)15(37)3-10)49-32-29(25(43)23(41)20(8-34)51-32)52-30-26(44)21(39)16(38)9-46-30/h10-45H,1-9H2. The van der Waals surface area contributed by atoms with E-state index in [1.165, 1.54) is 0 Å². The highest BCUT2D eigenvalue weighted by Crippen LogP contribution is 2.44. The van der Waals surface area contributed by atoms with E-state index < -0.39 is 160 Å². The lowest BCUT2D eigenvalue weighted by molar-refractivity contribution is -0.372. The topological polar surface area (TPSA) is 328 Å². The van der Waals surface area contributed by atoms with Crippen LogP contribution in [0.25, 0.3) is 0 Å². The molecule has 6 aliphatic rings. The first-order valence-electron chi connectivity index (χ1n) is 18.0. The second-order valence-electron chi connectivity index (χ2n) is 15.0. The van der Waals surface area contributed by atoms with Gasteiger partial charge >= 0.3 is 0 Å². The molecule has 20 nitrogen and oxygen atoms in total. The van der Waals surface area contributed by atoms with Crippen LogP contribution >= 0.6 is 0 Å². The summed E-state index contributed by atoms with van der Waals surface area (Å²) < 4.78 is 41.5. The molecule has 2 saturated carbocycles. The summed E-state index contributed by atoms with van der Waals surface area (Å²) in [6.07, 6.45) is -27.1. The molecule has 0 aromatic rings. The van der Waals surface area contributed by atoms with Crippen LogP contribution in [0.1, 0.15) is 38.5 Å². The lowest BCUT2D eigenvalue weighted by atomic mass is 9.72. The summed E-state index contributed by atoms with van der Waals surface area (Å²) in [7, 11) is 0. The number of aliphatic hydroxyl groups is 13. The molecule has 52 heavy (non-hydrogen) atoms. The van der Waals surface area contributed by atoms with Gasteiger partial charge in [0.2, 0.25) is 0 Å². The number of rotatable bonds is 9. The minimum absolute atomic E-state index is 0.0273. The van der Waals surface area contributed by atoms with E-state index in [1.807, 2.05) is 0 Å². The zero-order valence-electron chi connectivity index (χ0n) is 28.3. The van der Waals surface area contributed by atoms with Gasteiger partial charge < -0.3 is 99.5 Å². The van der Waals surface area contributed by atoms with Crippen LogP contribution in [0.3, 0.4) is 0 Å². The summed E-state index contributed by atoms with van der Waals surface area (Å²) in [6.45, 7) is -1.80. The van der Waals surface area contributed by atoms with Gasteiger partial charge in [0.05, 0.1) is 62.5 Å². The molecule has 6 rings (SSSR count). The first-order chi connectivity index (χ1) is 24.7. The van der Waals surface area contributed by atoms with Crippen LogP contribution in [-0.4, -0.2) is 215 Å². The maximum Gasteiger partial charge on any atom is 0.187 e. The SMILES string of the molecule is OCC1OC(OC2CC(O)C3CC(OC4OC(CO)C(O)C(O)C4OC4OCC(O)C(O)C4O)C(C4CCC(O)C(O)C4)OC3C2)C(O)C(O)C1O. The van der Waals surface area contributed by atoms with Crippen molar-refractivity contribution < 1.29 is 99.5 Å². The van der Waals surface area contributed by atoms with E-state index in [-0.39, 0.29) is 32.1 Å². The molecule has 0 amide bonds. The van der Waals surface area contributed by atoms with Crippen LogP contribution in [0, 0.1) is 11.8 Å². The van der Waals surface area contributed by atoms with Gasteiger partial charge in [-0.05, 0) is 31.6 Å². The van der Waals surface area contributed by atoms with Crippen molar-refractivity contribution in [1.82, 2.24) is 0 Å². The van der Waals surface area contributed by atoms with Crippen LogP contribution in [-0.2, 0) is 33.2 Å². The summed E-state index contributed by atoms with van der Waals surface area (Å²) >= 11 is 0. The molecule has 0 radical (unpaired) electrons. The van der Waals surface area contributed by atoms with Gasteiger partial charge in [-0.3, -0.25) is 0 Å². The van der Waals surface area contributed by atoms with Crippen molar-refractivity contribution >= 4 is 0 Å². The Morgan fingerprint density at radius 1 is 0.500 bits per heavy atom. The average Bonchev–Trinajstić information content (AvgIpc) is 3.12. The van der Waals surface area contributed by atoms with Crippen molar-refractivity contribution in [2.24, 2.45) is 11.8 Å². The molecule has 20 heteroatoms. The molecule has 0 bridgehead atoms. The molecular formula is C32H54O20. The van der Waals surface area contributed by atoms with Gasteiger partial charge in [0.25, 0.3) is 0 Å². The quantitative estimate of drug-likeness (QED) is 0.104. The number of aliphatic hydroxyl groups excluding tert-OH is 13. The summed E-state index contributed by atoms with van der Waals surface area (Å²) in [4.78, 5) is 0. The Morgan fingerprint density at radius 3 is 1.83 bits per heavy atom. The molecule has 2 aliphatic carbocycles. The normalized spacial score (nSPS) is 54.8. The fourth-order valence-corrected chi connectivity index (χ4v) is 8.40. The summed E-state index contributed by atoms with van der Waals surface area (Å²) in [5, 5.41) is 135. The van der Waals surface area contributed by atoms with E-state index in [2.05, 4.69) is 0 Å². The van der Waals surface area contributed by atoms with Gasteiger partial charge in [0, 0.05) is 18.8 Å². The van der Waals surface area contributed by atoms with Crippen molar-refractivity contribution in [3.05, 3.63) is 0 Å². The van der Waals surface area contributed by atoms with E-state index in [9.17, 15) is 66.4 Å². The predicted molar refractivity (Wildman–Crippen MR) is 165 cm³/mol. The monoisotopic (exact) mass is 758 g/mol. The number of hydrogen-bond donors (Lipinski definition) is 13. The predicted octanol–water partition coefficient (Wildman–Crippen LogP) is -6.73. The lowest BCUT2D eigenvalue weighted by Gasteiger charge is -2.52. The highest BCUT2D eigenvalue weighted by atomic mass is 16.8. The van der Waals surface area contributed by atoms with Crippen molar-refractivity contribution in [2.45, 2.75) is 167 Å². The Balaban J connectivity index is 1.21. The van der Waals surface area contributed by atoms with Gasteiger partial charge in [-0.2, -0.15) is 0 Å². The van der Waals surface area contributed by atoms with E-state index in [0.717, 1.165) is 0 Å². The first kappa shape index (κ1) is 40.9. The van der Waals surface area contributed by atoms with E-state index in [1.54, 1.807) is 0 Å². The molecule has 0 aromatic carbocycles. The van der Waals surface area contributed by atoms with E-state index in [0.29, 0.717) is 6.42 Å². The molecule has 0 aromatic heterocycles. The van der Waals surface area contributed by atoms with Gasteiger partial charge in [-0.1, -0.05) is 0 Å². The number of ether oxygens (including phenoxy) is 7. The lowest BCUT2D eigenvalue weighted by Crippen LogP contribution is -2.65.